The molecule has 0 saturated heterocycles. The van der Waals surface area contributed by atoms with Crippen LogP contribution in [-0.4, -0.2) is 11.8 Å². The van der Waals surface area contributed by atoms with Gasteiger partial charge in [-0.2, -0.15) is 0 Å². The number of fused-ring (bicyclic) bond motifs is 1. The van der Waals surface area contributed by atoms with Crippen LogP contribution in [0.5, 0.6) is 0 Å². The van der Waals surface area contributed by atoms with E-state index in [0.29, 0.717) is 27.1 Å². The predicted octanol–water partition coefficient (Wildman–Crippen LogP) is 5.71. The number of amides is 2. The average molecular weight is 487 g/mol. The fourth-order valence-electron chi connectivity index (χ4n) is 3.60. The summed E-state index contributed by atoms with van der Waals surface area (Å²) in [6.45, 7) is 0.418. The molecule has 2 aromatic carbocycles. The van der Waals surface area contributed by atoms with Gasteiger partial charge in [0.25, 0.3) is 11.8 Å². The summed E-state index contributed by atoms with van der Waals surface area (Å²) in [6.07, 6.45) is 3.85. The smallest absolute Gasteiger partial charge is 0.257 e. The van der Waals surface area contributed by atoms with Gasteiger partial charge in [-0.15, -0.1) is 11.3 Å². The van der Waals surface area contributed by atoms with E-state index in [4.69, 9.17) is 0 Å². The normalized spacial score (nSPS) is 12.9. The van der Waals surface area contributed by atoms with Crippen molar-refractivity contribution in [1.82, 2.24) is 5.32 Å². The van der Waals surface area contributed by atoms with E-state index in [1.54, 1.807) is 0 Å². The molecule has 4 rings (SSSR count). The lowest BCUT2D eigenvalue weighted by Crippen LogP contribution is -2.25. The Morgan fingerprint density at radius 2 is 1.80 bits per heavy atom. The van der Waals surface area contributed by atoms with Gasteiger partial charge in [0.05, 0.1) is 11.1 Å². The zero-order valence-electron chi connectivity index (χ0n) is 16.1. The van der Waals surface area contributed by atoms with E-state index in [1.165, 1.54) is 29.5 Å². The van der Waals surface area contributed by atoms with Crippen LogP contribution in [0.4, 0.5) is 9.39 Å². The molecular weight excluding hydrogens is 467 g/mol. The number of aryl methyl sites for hydroxylation is 1. The van der Waals surface area contributed by atoms with Crippen molar-refractivity contribution in [1.29, 1.82) is 0 Å². The third kappa shape index (κ3) is 4.47. The number of carbonyl (C=O) groups is 2. The van der Waals surface area contributed by atoms with Gasteiger partial charge in [0.15, 0.2) is 0 Å². The van der Waals surface area contributed by atoms with Crippen molar-refractivity contribution in [2.75, 3.05) is 5.32 Å². The Kier molecular flexibility index (Phi) is 6.29. The first-order chi connectivity index (χ1) is 14.5. The van der Waals surface area contributed by atoms with E-state index < -0.39 is 5.82 Å². The molecule has 1 heterocycles. The Morgan fingerprint density at radius 3 is 2.57 bits per heavy atom. The number of benzene rings is 2. The Hall–Kier alpha value is -2.51. The summed E-state index contributed by atoms with van der Waals surface area (Å²) in [4.78, 5) is 27.1. The van der Waals surface area contributed by atoms with Crippen molar-refractivity contribution < 1.29 is 14.0 Å². The van der Waals surface area contributed by atoms with Crippen LogP contribution < -0.4 is 10.6 Å². The zero-order chi connectivity index (χ0) is 21.1. The highest BCUT2D eigenvalue weighted by molar-refractivity contribution is 9.10. The lowest BCUT2D eigenvalue weighted by atomic mass is 9.95. The topological polar surface area (TPSA) is 58.2 Å². The molecule has 0 spiro atoms. The zero-order valence-corrected chi connectivity index (χ0v) is 18.5. The number of rotatable bonds is 5. The highest BCUT2D eigenvalue weighted by Crippen LogP contribution is 2.38. The van der Waals surface area contributed by atoms with Gasteiger partial charge < -0.3 is 10.6 Å². The monoisotopic (exact) mass is 486 g/mol. The van der Waals surface area contributed by atoms with Gasteiger partial charge >= 0.3 is 0 Å². The van der Waals surface area contributed by atoms with E-state index in [1.807, 2.05) is 30.3 Å². The minimum Gasteiger partial charge on any atom is -0.348 e. The van der Waals surface area contributed by atoms with Gasteiger partial charge in [-0.05, 0) is 70.9 Å². The molecule has 2 amide bonds. The van der Waals surface area contributed by atoms with Crippen molar-refractivity contribution in [3.05, 3.63) is 86.0 Å². The number of halogens is 2. The van der Waals surface area contributed by atoms with Crippen LogP contribution in [0.1, 0.15) is 49.6 Å². The summed E-state index contributed by atoms with van der Waals surface area (Å²) in [5.74, 6) is -0.990. The van der Waals surface area contributed by atoms with Gasteiger partial charge in [0, 0.05) is 15.9 Å². The third-order valence-electron chi connectivity index (χ3n) is 5.10. The maximum Gasteiger partial charge on any atom is 0.257 e. The largest absolute Gasteiger partial charge is 0.348 e. The molecule has 0 saturated carbocycles. The molecule has 7 heteroatoms. The number of hydrogen-bond donors (Lipinski definition) is 2. The first-order valence-corrected chi connectivity index (χ1v) is 11.4. The van der Waals surface area contributed by atoms with Crippen molar-refractivity contribution in [3.8, 4) is 0 Å². The van der Waals surface area contributed by atoms with Gasteiger partial charge in [-0.1, -0.05) is 30.3 Å². The first-order valence-electron chi connectivity index (χ1n) is 9.76. The lowest BCUT2D eigenvalue weighted by Gasteiger charge is -2.13. The molecule has 1 aromatic heterocycles. The molecule has 0 unspecified atom stereocenters. The van der Waals surface area contributed by atoms with Crippen LogP contribution in [-0.2, 0) is 19.4 Å². The van der Waals surface area contributed by atoms with Crippen LogP contribution in [0.25, 0.3) is 0 Å². The second kappa shape index (κ2) is 9.10. The fourth-order valence-corrected chi connectivity index (χ4v) is 5.42. The van der Waals surface area contributed by atoms with Crippen molar-refractivity contribution in [3.63, 3.8) is 0 Å². The fraction of sp³-hybridized carbons (Fsp3) is 0.217. The lowest BCUT2D eigenvalue weighted by molar-refractivity contribution is 0.0951. The molecule has 1 aliphatic carbocycles. The minimum absolute atomic E-state index is 0.188. The maximum atomic E-state index is 13.4. The number of thiophene rings is 1. The third-order valence-corrected chi connectivity index (χ3v) is 6.96. The van der Waals surface area contributed by atoms with Crippen molar-refractivity contribution in [2.24, 2.45) is 0 Å². The summed E-state index contributed by atoms with van der Waals surface area (Å²) >= 11 is 4.70. The summed E-state index contributed by atoms with van der Waals surface area (Å²) in [5, 5.41) is 6.42. The van der Waals surface area contributed by atoms with E-state index in [-0.39, 0.29) is 11.8 Å². The predicted molar refractivity (Wildman–Crippen MR) is 121 cm³/mol. The quantitative estimate of drug-likeness (QED) is 0.485. The van der Waals surface area contributed by atoms with Crippen LogP contribution >= 0.6 is 27.3 Å². The van der Waals surface area contributed by atoms with Gasteiger partial charge in [0.1, 0.15) is 10.8 Å². The summed E-state index contributed by atoms with van der Waals surface area (Å²) in [7, 11) is 0. The molecule has 3 aromatic rings. The van der Waals surface area contributed by atoms with Crippen LogP contribution in [0.2, 0.25) is 0 Å². The second-order valence-electron chi connectivity index (χ2n) is 7.16. The van der Waals surface area contributed by atoms with Crippen molar-refractivity contribution in [2.45, 2.75) is 32.2 Å². The van der Waals surface area contributed by atoms with Crippen LogP contribution in [0, 0.1) is 5.82 Å². The minimum atomic E-state index is -0.425. The van der Waals surface area contributed by atoms with E-state index >= 15 is 0 Å². The number of carbonyl (C=O) groups excluding carboxylic acids is 2. The Labute approximate surface area is 186 Å². The number of anilines is 1. The molecule has 30 heavy (non-hydrogen) atoms. The number of hydrogen-bond acceptors (Lipinski definition) is 3. The Balaban J connectivity index is 1.60. The van der Waals surface area contributed by atoms with Gasteiger partial charge in [-0.25, -0.2) is 4.39 Å². The highest BCUT2D eigenvalue weighted by atomic mass is 79.9. The standard InChI is InChI=1S/C23H20BrFN2O2S/c24-18-12-15(25)10-11-16(18)21(28)27-23-20(17-8-4-5-9-19(17)30-23)22(29)26-13-14-6-2-1-3-7-14/h1-3,6-7,10-12H,4-5,8-9,13H2,(H,26,29)(H,27,28). The average Bonchev–Trinajstić information content (AvgIpc) is 3.10. The summed E-state index contributed by atoms with van der Waals surface area (Å²) in [6, 6.07) is 13.6. The Bertz CT molecular complexity index is 1100. The van der Waals surface area contributed by atoms with E-state index in [2.05, 4.69) is 26.6 Å². The second-order valence-corrected chi connectivity index (χ2v) is 9.12. The SMILES string of the molecule is O=C(Nc1sc2c(c1C(=O)NCc1ccccc1)CCCC2)c1ccc(F)cc1Br. The molecule has 0 fully saturated rings. The highest BCUT2D eigenvalue weighted by Gasteiger charge is 2.27. The maximum absolute atomic E-state index is 13.4. The molecular formula is C23H20BrFN2O2S. The molecule has 0 atom stereocenters. The van der Waals surface area contributed by atoms with Crippen molar-refractivity contribution >= 4 is 44.1 Å². The molecule has 0 radical (unpaired) electrons. The van der Waals surface area contributed by atoms with Gasteiger partial charge in [0.2, 0.25) is 0 Å². The molecule has 2 N–H and O–H groups in total. The Morgan fingerprint density at radius 1 is 1.03 bits per heavy atom. The van der Waals surface area contributed by atoms with E-state index in [0.717, 1.165) is 41.7 Å². The molecule has 1 aliphatic rings. The van der Waals surface area contributed by atoms with Crippen LogP contribution in [0.15, 0.2) is 53.0 Å². The molecule has 0 aliphatic heterocycles. The van der Waals surface area contributed by atoms with Crippen LogP contribution in [0.3, 0.4) is 0 Å². The summed E-state index contributed by atoms with van der Waals surface area (Å²) in [5.41, 5.74) is 2.91. The molecule has 4 nitrogen and oxygen atoms in total. The summed E-state index contributed by atoms with van der Waals surface area (Å²) < 4.78 is 13.7. The molecule has 0 bridgehead atoms. The van der Waals surface area contributed by atoms with Gasteiger partial charge in [-0.3, -0.25) is 9.59 Å². The number of nitrogens with one attached hydrogen (secondary N) is 2. The first kappa shape index (κ1) is 20.8. The van der Waals surface area contributed by atoms with E-state index in [9.17, 15) is 14.0 Å². The molecule has 154 valence electrons.